The molecular formula is C10H8N2O3S. The summed E-state index contributed by atoms with van der Waals surface area (Å²) in [5, 5.41) is 15.4. The highest BCUT2D eigenvalue weighted by molar-refractivity contribution is 7.13. The van der Waals surface area contributed by atoms with Crippen LogP contribution in [0.1, 0.15) is 34.9 Å². The summed E-state index contributed by atoms with van der Waals surface area (Å²) in [6.07, 6.45) is 3.58. The van der Waals surface area contributed by atoms with Gasteiger partial charge >= 0.3 is 5.97 Å². The number of hydrogen-bond acceptors (Lipinski definition) is 5. The number of hydrogen-bond donors (Lipinski definition) is 1. The van der Waals surface area contributed by atoms with Gasteiger partial charge in [0.05, 0.1) is 0 Å². The zero-order valence-corrected chi connectivity index (χ0v) is 9.03. The van der Waals surface area contributed by atoms with E-state index in [4.69, 9.17) is 4.52 Å². The van der Waals surface area contributed by atoms with Crippen molar-refractivity contribution in [3.63, 3.8) is 0 Å². The maximum atomic E-state index is 11.2. The standard InChI is InChI=1S/C10H8N2O3S/c13-10(14)6-7(9-11-3-4-16-9)12-15-8(6)5-1-2-5/h3-5H,1-2H2,(H,13,14). The molecule has 0 radical (unpaired) electrons. The van der Waals surface area contributed by atoms with Crippen molar-refractivity contribution >= 4 is 17.3 Å². The lowest BCUT2D eigenvalue weighted by Crippen LogP contribution is -2.00. The van der Waals surface area contributed by atoms with E-state index in [1.807, 2.05) is 0 Å². The van der Waals surface area contributed by atoms with Gasteiger partial charge in [-0.3, -0.25) is 0 Å². The third-order valence-electron chi connectivity index (χ3n) is 2.52. The molecule has 1 fully saturated rings. The predicted octanol–water partition coefficient (Wildman–Crippen LogP) is 2.37. The van der Waals surface area contributed by atoms with E-state index in [0.717, 1.165) is 12.8 Å². The molecule has 1 N–H and O–H groups in total. The Morgan fingerprint density at radius 1 is 1.56 bits per heavy atom. The second-order valence-electron chi connectivity index (χ2n) is 3.69. The van der Waals surface area contributed by atoms with Crippen LogP contribution in [0.25, 0.3) is 10.7 Å². The SMILES string of the molecule is O=C(O)c1c(-c2nccs2)noc1C1CC1. The Balaban J connectivity index is 2.14. The van der Waals surface area contributed by atoms with Gasteiger partial charge in [0.15, 0.2) is 11.5 Å². The summed E-state index contributed by atoms with van der Waals surface area (Å²) in [6.45, 7) is 0. The van der Waals surface area contributed by atoms with E-state index >= 15 is 0 Å². The summed E-state index contributed by atoms with van der Waals surface area (Å²) in [4.78, 5) is 15.3. The molecule has 0 spiro atoms. The molecule has 1 aliphatic rings. The van der Waals surface area contributed by atoms with Crippen molar-refractivity contribution in [2.75, 3.05) is 0 Å². The van der Waals surface area contributed by atoms with Crippen LogP contribution in [-0.4, -0.2) is 21.2 Å². The molecule has 0 saturated heterocycles. The lowest BCUT2D eigenvalue weighted by Gasteiger charge is -1.94. The average Bonchev–Trinajstić information content (AvgIpc) is 2.83. The summed E-state index contributed by atoms with van der Waals surface area (Å²) in [6, 6.07) is 0. The number of thiazole rings is 1. The van der Waals surface area contributed by atoms with Crippen LogP contribution in [0.4, 0.5) is 0 Å². The lowest BCUT2D eigenvalue weighted by atomic mass is 10.1. The van der Waals surface area contributed by atoms with E-state index in [1.165, 1.54) is 11.3 Å². The first kappa shape index (κ1) is 9.53. The fourth-order valence-corrected chi connectivity index (χ4v) is 2.24. The van der Waals surface area contributed by atoms with Crippen molar-refractivity contribution in [3.05, 3.63) is 22.9 Å². The van der Waals surface area contributed by atoms with Gasteiger partial charge in [0, 0.05) is 17.5 Å². The molecular weight excluding hydrogens is 228 g/mol. The molecule has 0 bridgehead atoms. The van der Waals surface area contributed by atoms with Crippen LogP contribution in [0.15, 0.2) is 16.1 Å². The Morgan fingerprint density at radius 2 is 2.38 bits per heavy atom. The highest BCUT2D eigenvalue weighted by Crippen LogP contribution is 2.44. The highest BCUT2D eigenvalue weighted by atomic mass is 32.1. The maximum absolute atomic E-state index is 11.2. The van der Waals surface area contributed by atoms with Crippen molar-refractivity contribution in [3.8, 4) is 10.7 Å². The summed E-state index contributed by atoms with van der Waals surface area (Å²) in [7, 11) is 0. The van der Waals surface area contributed by atoms with Crippen LogP contribution in [0.5, 0.6) is 0 Å². The summed E-state index contributed by atoms with van der Waals surface area (Å²) >= 11 is 1.36. The van der Waals surface area contributed by atoms with Gasteiger partial charge in [-0.25, -0.2) is 9.78 Å². The van der Waals surface area contributed by atoms with Crippen LogP contribution in [0.3, 0.4) is 0 Å². The summed E-state index contributed by atoms with van der Waals surface area (Å²) in [5.74, 6) is -0.265. The second kappa shape index (κ2) is 3.41. The molecule has 2 aromatic heterocycles. The van der Waals surface area contributed by atoms with E-state index in [0.29, 0.717) is 16.5 Å². The number of nitrogens with zero attached hydrogens (tertiary/aromatic N) is 2. The Kier molecular flexibility index (Phi) is 2.03. The number of aromatic nitrogens is 2. The van der Waals surface area contributed by atoms with Crippen molar-refractivity contribution in [2.45, 2.75) is 18.8 Å². The fourth-order valence-electron chi connectivity index (χ4n) is 1.62. The van der Waals surface area contributed by atoms with Crippen molar-refractivity contribution in [1.82, 2.24) is 10.1 Å². The first-order valence-electron chi connectivity index (χ1n) is 4.90. The second-order valence-corrected chi connectivity index (χ2v) is 4.58. The minimum atomic E-state index is -0.992. The smallest absolute Gasteiger partial charge is 0.341 e. The van der Waals surface area contributed by atoms with Gasteiger partial charge < -0.3 is 9.63 Å². The molecule has 0 amide bonds. The van der Waals surface area contributed by atoms with Crippen LogP contribution in [0.2, 0.25) is 0 Å². The molecule has 0 atom stereocenters. The first-order valence-corrected chi connectivity index (χ1v) is 5.78. The predicted molar refractivity (Wildman–Crippen MR) is 56.5 cm³/mol. The normalized spacial score (nSPS) is 15.2. The van der Waals surface area contributed by atoms with Crippen LogP contribution < -0.4 is 0 Å². The van der Waals surface area contributed by atoms with E-state index in [9.17, 15) is 9.90 Å². The van der Waals surface area contributed by atoms with Gasteiger partial charge in [-0.15, -0.1) is 11.3 Å². The maximum Gasteiger partial charge on any atom is 0.341 e. The quantitative estimate of drug-likeness (QED) is 0.885. The third-order valence-corrected chi connectivity index (χ3v) is 3.30. The van der Waals surface area contributed by atoms with Gasteiger partial charge in [0.1, 0.15) is 10.6 Å². The molecule has 0 unspecified atom stereocenters. The zero-order chi connectivity index (χ0) is 11.1. The molecule has 6 heteroatoms. The molecule has 0 aliphatic heterocycles. The monoisotopic (exact) mass is 236 g/mol. The number of carboxylic acid groups (broad SMARTS) is 1. The summed E-state index contributed by atoms with van der Waals surface area (Å²) < 4.78 is 5.14. The Labute approximate surface area is 94.7 Å². The molecule has 2 aromatic rings. The minimum absolute atomic E-state index is 0.178. The van der Waals surface area contributed by atoms with Crippen LogP contribution in [-0.2, 0) is 0 Å². The largest absolute Gasteiger partial charge is 0.477 e. The van der Waals surface area contributed by atoms with Gasteiger partial charge in [0.2, 0.25) is 0 Å². The van der Waals surface area contributed by atoms with E-state index in [1.54, 1.807) is 11.6 Å². The van der Waals surface area contributed by atoms with E-state index in [2.05, 4.69) is 10.1 Å². The number of carbonyl (C=O) groups is 1. The molecule has 3 rings (SSSR count). The Morgan fingerprint density at radius 3 is 2.94 bits per heavy atom. The van der Waals surface area contributed by atoms with Crippen LogP contribution in [0, 0.1) is 0 Å². The fraction of sp³-hybridized carbons (Fsp3) is 0.300. The van der Waals surface area contributed by atoms with Gasteiger partial charge in [-0.1, -0.05) is 5.16 Å². The zero-order valence-electron chi connectivity index (χ0n) is 8.21. The molecule has 2 heterocycles. The van der Waals surface area contributed by atoms with E-state index in [-0.39, 0.29) is 11.5 Å². The minimum Gasteiger partial charge on any atom is -0.477 e. The number of aromatic carboxylic acids is 1. The van der Waals surface area contributed by atoms with Gasteiger partial charge in [-0.05, 0) is 12.8 Å². The molecule has 5 nitrogen and oxygen atoms in total. The number of rotatable bonds is 3. The Hall–Kier alpha value is -1.69. The van der Waals surface area contributed by atoms with Crippen LogP contribution >= 0.6 is 11.3 Å². The number of carboxylic acids is 1. The highest BCUT2D eigenvalue weighted by Gasteiger charge is 2.35. The molecule has 0 aromatic carbocycles. The van der Waals surface area contributed by atoms with E-state index < -0.39 is 5.97 Å². The first-order chi connectivity index (χ1) is 7.77. The molecule has 1 aliphatic carbocycles. The van der Waals surface area contributed by atoms with Crippen molar-refractivity contribution in [2.24, 2.45) is 0 Å². The Bertz CT molecular complexity index is 528. The topological polar surface area (TPSA) is 76.2 Å². The van der Waals surface area contributed by atoms with Gasteiger partial charge in [-0.2, -0.15) is 0 Å². The average molecular weight is 236 g/mol. The van der Waals surface area contributed by atoms with Crippen molar-refractivity contribution in [1.29, 1.82) is 0 Å². The van der Waals surface area contributed by atoms with Crippen molar-refractivity contribution < 1.29 is 14.4 Å². The molecule has 1 saturated carbocycles. The molecule has 16 heavy (non-hydrogen) atoms. The third kappa shape index (κ3) is 1.42. The molecule has 82 valence electrons. The summed E-state index contributed by atoms with van der Waals surface area (Å²) in [5.41, 5.74) is 0.529. The lowest BCUT2D eigenvalue weighted by molar-refractivity contribution is 0.0695. The van der Waals surface area contributed by atoms with Gasteiger partial charge in [0.25, 0.3) is 0 Å².